The molecule has 0 aliphatic carbocycles. The topological polar surface area (TPSA) is 44.1 Å². The van der Waals surface area contributed by atoms with E-state index in [4.69, 9.17) is 4.74 Å². The number of ketones is 1. The fourth-order valence-corrected chi connectivity index (χ4v) is 2.01. The number of aromatic nitrogens is 2. The minimum atomic E-state index is 0.0293. The summed E-state index contributed by atoms with van der Waals surface area (Å²) in [4.78, 5) is 12.1. The lowest BCUT2D eigenvalue weighted by Gasteiger charge is -2.20. The summed E-state index contributed by atoms with van der Waals surface area (Å²) in [5.41, 5.74) is 1.56. The van der Waals surface area contributed by atoms with Gasteiger partial charge in [-0.15, -0.1) is 0 Å². The van der Waals surface area contributed by atoms with Crippen molar-refractivity contribution in [1.29, 1.82) is 0 Å². The maximum absolute atomic E-state index is 12.1. The Kier molecular flexibility index (Phi) is 2.86. The van der Waals surface area contributed by atoms with Crippen molar-refractivity contribution in [2.75, 3.05) is 13.2 Å². The van der Waals surface area contributed by atoms with Gasteiger partial charge in [0, 0.05) is 25.8 Å². The van der Waals surface area contributed by atoms with Crippen LogP contribution in [0.5, 0.6) is 0 Å². The van der Waals surface area contributed by atoms with E-state index >= 15 is 0 Å². The lowest BCUT2D eigenvalue weighted by atomic mass is 9.93. The SMILES string of the molecule is Cc1nn(C)cc1C(=O)C1CCCOC1. The molecule has 1 saturated heterocycles. The lowest BCUT2D eigenvalue weighted by Crippen LogP contribution is -2.25. The highest BCUT2D eigenvalue weighted by Crippen LogP contribution is 2.20. The van der Waals surface area contributed by atoms with Gasteiger partial charge in [0.15, 0.2) is 5.78 Å². The van der Waals surface area contributed by atoms with E-state index < -0.39 is 0 Å². The molecule has 0 saturated carbocycles. The second-order valence-electron chi connectivity index (χ2n) is 4.08. The molecule has 15 heavy (non-hydrogen) atoms. The largest absolute Gasteiger partial charge is 0.381 e. The van der Waals surface area contributed by atoms with Crippen molar-refractivity contribution in [3.63, 3.8) is 0 Å². The van der Waals surface area contributed by atoms with E-state index in [9.17, 15) is 4.79 Å². The standard InChI is InChI=1S/C11H16N2O2/c1-8-10(6-13(2)12-8)11(14)9-4-3-5-15-7-9/h6,9H,3-5,7H2,1-2H3. The number of carbonyl (C=O) groups is 1. The summed E-state index contributed by atoms with van der Waals surface area (Å²) in [6, 6.07) is 0. The average Bonchev–Trinajstić information content (AvgIpc) is 2.58. The van der Waals surface area contributed by atoms with Crippen LogP contribution in [0.15, 0.2) is 6.20 Å². The van der Waals surface area contributed by atoms with Crippen LogP contribution >= 0.6 is 0 Å². The van der Waals surface area contributed by atoms with E-state index in [1.807, 2.05) is 14.0 Å². The number of rotatable bonds is 2. The Labute approximate surface area is 89.2 Å². The molecule has 0 N–H and O–H groups in total. The molecule has 0 bridgehead atoms. The third-order valence-electron chi connectivity index (χ3n) is 2.81. The van der Waals surface area contributed by atoms with E-state index in [1.165, 1.54) is 0 Å². The number of aryl methyl sites for hydroxylation is 2. The summed E-state index contributed by atoms with van der Waals surface area (Å²) in [5.74, 6) is 0.210. The van der Waals surface area contributed by atoms with Gasteiger partial charge in [-0.25, -0.2) is 0 Å². The van der Waals surface area contributed by atoms with Crippen molar-refractivity contribution in [3.05, 3.63) is 17.5 Å². The first-order valence-electron chi connectivity index (χ1n) is 5.30. The minimum absolute atomic E-state index is 0.0293. The predicted octanol–water partition coefficient (Wildman–Crippen LogP) is 1.34. The van der Waals surface area contributed by atoms with Crippen molar-refractivity contribution in [3.8, 4) is 0 Å². The molecule has 4 nitrogen and oxygen atoms in total. The number of Topliss-reactive ketones (excluding diaryl/α,β-unsaturated/α-hetero) is 1. The highest BCUT2D eigenvalue weighted by atomic mass is 16.5. The van der Waals surface area contributed by atoms with Crippen LogP contribution in [0.2, 0.25) is 0 Å². The zero-order valence-corrected chi connectivity index (χ0v) is 9.19. The molecule has 1 unspecified atom stereocenters. The van der Waals surface area contributed by atoms with Crippen molar-refractivity contribution >= 4 is 5.78 Å². The molecular formula is C11H16N2O2. The van der Waals surface area contributed by atoms with Gasteiger partial charge in [0.25, 0.3) is 0 Å². The molecule has 1 aromatic rings. The Morgan fingerprint density at radius 3 is 3.00 bits per heavy atom. The molecule has 0 amide bonds. The van der Waals surface area contributed by atoms with Gasteiger partial charge in [-0.3, -0.25) is 9.48 Å². The molecule has 4 heteroatoms. The zero-order valence-electron chi connectivity index (χ0n) is 9.19. The van der Waals surface area contributed by atoms with Gasteiger partial charge in [0.1, 0.15) is 0 Å². The van der Waals surface area contributed by atoms with Crippen LogP contribution in [0.25, 0.3) is 0 Å². The van der Waals surface area contributed by atoms with E-state index in [2.05, 4.69) is 5.10 Å². The summed E-state index contributed by atoms with van der Waals surface area (Å²) in [5, 5.41) is 4.18. The number of carbonyl (C=O) groups excluding carboxylic acids is 1. The predicted molar refractivity (Wildman–Crippen MR) is 55.8 cm³/mol. The Morgan fingerprint density at radius 1 is 1.67 bits per heavy atom. The highest BCUT2D eigenvalue weighted by molar-refractivity contribution is 5.98. The fourth-order valence-electron chi connectivity index (χ4n) is 2.01. The number of hydrogen-bond donors (Lipinski definition) is 0. The molecule has 0 aromatic carbocycles. The summed E-state index contributed by atoms with van der Waals surface area (Å²) < 4.78 is 7.01. The molecule has 1 aromatic heterocycles. The molecule has 1 aliphatic rings. The molecule has 0 spiro atoms. The van der Waals surface area contributed by atoms with E-state index in [0.717, 1.165) is 30.7 Å². The number of nitrogens with zero attached hydrogens (tertiary/aromatic N) is 2. The van der Waals surface area contributed by atoms with Crippen molar-refractivity contribution in [1.82, 2.24) is 9.78 Å². The molecular weight excluding hydrogens is 192 g/mol. The third kappa shape index (κ3) is 2.09. The Balaban J connectivity index is 2.16. The monoisotopic (exact) mass is 208 g/mol. The van der Waals surface area contributed by atoms with Crippen molar-refractivity contribution < 1.29 is 9.53 Å². The van der Waals surface area contributed by atoms with Gasteiger partial charge in [0.05, 0.1) is 17.9 Å². The number of hydrogen-bond acceptors (Lipinski definition) is 3. The highest BCUT2D eigenvalue weighted by Gasteiger charge is 2.25. The summed E-state index contributed by atoms with van der Waals surface area (Å²) in [6.07, 6.45) is 3.72. The van der Waals surface area contributed by atoms with E-state index in [-0.39, 0.29) is 11.7 Å². The van der Waals surface area contributed by atoms with Crippen LogP contribution in [-0.4, -0.2) is 28.8 Å². The van der Waals surface area contributed by atoms with Crippen LogP contribution in [0.1, 0.15) is 28.9 Å². The maximum Gasteiger partial charge on any atom is 0.171 e. The molecule has 1 fully saturated rings. The molecule has 1 aliphatic heterocycles. The van der Waals surface area contributed by atoms with Gasteiger partial charge >= 0.3 is 0 Å². The van der Waals surface area contributed by atoms with Gasteiger partial charge in [-0.2, -0.15) is 5.10 Å². The molecule has 2 heterocycles. The van der Waals surface area contributed by atoms with Crippen molar-refractivity contribution in [2.45, 2.75) is 19.8 Å². The summed E-state index contributed by atoms with van der Waals surface area (Å²) >= 11 is 0. The third-order valence-corrected chi connectivity index (χ3v) is 2.81. The number of ether oxygens (including phenoxy) is 1. The lowest BCUT2D eigenvalue weighted by molar-refractivity contribution is 0.0461. The summed E-state index contributed by atoms with van der Waals surface area (Å²) in [6.45, 7) is 3.22. The van der Waals surface area contributed by atoms with Gasteiger partial charge in [0.2, 0.25) is 0 Å². The molecule has 82 valence electrons. The Bertz CT molecular complexity index is 365. The van der Waals surface area contributed by atoms with Crippen LogP contribution in [-0.2, 0) is 11.8 Å². The second-order valence-corrected chi connectivity index (χ2v) is 4.08. The Hall–Kier alpha value is -1.16. The van der Waals surface area contributed by atoms with Gasteiger partial charge in [-0.1, -0.05) is 0 Å². The zero-order chi connectivity index (χ0) is 10.8. The van der Waals surface area contributed by atoms with Gasteiger partial charge in [-0.05, 0) is 19.8 Å². The normalized spacial score (nSPS) is 21.6. The first kappa shape index (κ1) is 10.4. The minimum Gasteiger partial charge on any atom is -0.381 e. The van der Waals surface area contributed by atoms with Crippen LogP contribution in [0, 0.1) is 12.8 Å². The van der Waals surface area contributed by atoms with E-state index in [1.54, 1.807) is 10.9 Å². The first-order valence-corrected chi connectivity index (χ1v) is 5.30. The smallest absolute Gasteiger partial charge is 0.171 e. The fraction of sp³-hybridized carbons (Fsp3) is 0.636. The molecule has 0 radical (unpaired) electrons. The second kappa shape index (κ2) is 4.14. The van der Waals surface area contributed by atoms with Crippen LogP contribution in [0.4, 0.5) is 0 Å². The summed E-state index contributed by atoms with van der Waals surface area (Å²) in [7, 11) is 1.83. The van der Waals surface area contributed by atoms with Crippen LogP contribution < -0.4 is 0 Å². The van der Waals surface area contributed by atoms with Crippen LogP contribution in [0.3, 0.4) is 0 Å². The Morgan fingerprint density at radius 2 is 2.47 bits per heavy atom. The molecule has 1 atom stereocenters. The average molecular weight is 208 g/mol. The van der Waals surface area contributed by atoms with Crippen molar-refractivity contribution in [2.24, 2.45) is 13.0 Å². The van der Waals surface area contributed by atoms with Gasteiger partial charge < -0.3 is 4.74 Å². The van der Waals surface area contributed by atoms with E-state index in [0.29, 0.717) is 6.61 Å². The maximum atomic E-state index is 12.1. The first-order chi connectivity index (χ1) is 7.18. The quantitative estimate of drug-likeness (QED) is 0.689. The molecule has 2 rings (SSSR count).